The summed E-state index contributed by atoms with van der Waals surface area (Å²) in [6.07, 6.45) is 2.14. The molecule has 1 atom stereocenters. The Balaban J connectivity index is 1.75. The van der Waals surface area contributed by atoms with Crippen LogP contribution in [0.25, 0.3) is 0 Å². The van der Waals surface area contributed by atoms with E-state index in [1.807, 2.05) is 12.1 Å². The fourth-order valence-corrected chi connectivity index (χ4v) is 3.06. The lowest BCUT2D eigenvalue weighted by molar-refractivity contribution is -0.148. The van der Waals surface area contributed by atoms with Gasteiger partial charge in [0.25, 0.3) is 0 Å². The van der Waals surface area contributed by atoms with Crippen molar-refractivity contribution in [3.63, 3.8) is 0 Å². The zero-order valence-electron chi connectivity index (χ0n) is 9.40. The summed E-state index contributed by atoms with van der Waals surface area (Å²) in [6, 6.07) is 6.44. The molecule has 0 saturated carbocycles. The van der Waals surface area contributed by atoms with Crippen molar-refractivity contribution < 1.29 is 9.90 Å². The van der Waals surface area contributed by atoms with Gasteiger partial charge in [-0.25, -0.2) is 0 Å². The number of hydrogen-bond acceptors (Lipinski definition) is 2. The van der Waals surface area contributed by atoms with Crippen molar-refractivity contribution in [3.8, 4) is 0 Å². The first-order chi connectivity index (χ1) is 8.15. The minimum Gasteiger partial charge on any atom is -0.481 e. The van der Waals surface area contributed by atoms with Gasteiger partial charge in [0.15, 0.2) is 0 Å². The average Bonchev–Trinajstić information content (AvgIpc) is 2.58. The summed E-state index contributed by atoms with van der Waals surface area (Å²) in [5, 5.41) is 9.67. The van der Waals surface area contributed by atoms with Crippen LogP contribution < -0.4 is 0 Å². The van der Waals surface area contributed by atoms with E-state index in [-0.39, 0.29) is 5.92 Å². The zero-order valence-corrected chi connectivity index (χ0v) is 10.2. The molecule has 17 heavy (non-hydrogen) atoms. The van der Waals surface area contributed by atoms with E-state index >= 15 is 0 Å². The number of nitrogens with zero attached hydrogens (tertiary/aromatic N) is 1. The molecule has 1 aliphatic heterocycles. The lowest BCUT2D eigenvalue weighted by Gasteiger charge is -2.41. The molecule has 1 aromatic rings. The number of hydrogen-bond donors (Lipinski definition) is 1. The molecule has 1 saturated heterocycles. The Morgan fingerprint density at radius 3 is 2.88 bits per heavy atom. The minimum absolute atomic E-state index is 0.175. The summed E-state index contributed by atoms with van der Waals surface area (Å²) < 4.78 is 0. The van der Waals surface area contributed by atoms with Crippen LogP contribution in [-0.4, -0.2) is 29.1 Å². The fraction of sp³-hybridized carbons (Fsp3) is 0.462. The van der Waals surface area contributed by atoms with E-state index in [0.717, 1.165) is 17.9 Å². The number of aliphatic carboxylic acids is 1. The first-order valence-corrected chi connectivity index (χ1v) is 6.28. The Bertz CT molecular complexity index is 468. The molecule has 1 unspecified atom stereocenters. The van der Waals surface area contributed by atoms with Gasteiger partial charge in [0.1, 0.15) is 0 Å². The second-order valence-electron chi connectivity index (χ2n) is 4.89. The molecule has 0 aromatic heterocycles. The Hall–Kier alpha value is -1.06. The maximum absolute atomic E-state index is 10.8. The molecule has 1 heterocycles. The molecule has 1 aromatic carbocycles. The van der Waals surface area contributed by atoms with Crippen LogP contribution in [0, 0.1) is 5.92 Å². The fourth-order valence-electron chi connectivity index (χ4n) is 2.87. The first kappa shape index (κ1) is 11.1. The van der Waals surface area contributed by atoms with Crippen LogP contribution in [0.1, 0.15) is 23.6 Å². The van der Waals surface area contributed by atoms with Crippen LogP contribution >= 0.6 is 11.6 Å². The summed E-state index contributed by atoms with van der Waals surface area (Å²) >= 11 is 5.97. The summed E-state index contributed by atoms with van der Waals surface area (Å²) in [6.45, 7) is 1.37. The van der Waals surface area contributed by atoms with Crippen LogP contribution in [0.4, 0.5) is 0 Å². The largest absolute Gasteiger partial charge is 0.481 e. The highest BCUT2D eigenvalue weighted by Crippen LogP contribution is 2.40. The maximum atomic E-state index is 10.8. The quantitative estimate of drug-likeness (QED) is 0.877. The third-order valence-electron chi connectivity index (χ3n) is 3.85. The van der Waals surface area contributed by atoms with Crippen LogP contribution in [-0.2, 0) is 11.2 Å². The number of carboxylic acid groups (broad SMARTS) is 1. The van der Waals surface area contributed by atoms with Gasteiger partial charge >= 0.3 is 5.97 Å². The maximum Gasteiger partial charge on any atom is 0.309 e. The summed E-state index contributed by atoms with van der Waals surface area (Å²) in [5.74, 6) is -0.845. The van der Waals surface area contributed by atoms with E-state index in [2.05, 4.69) is 11.0 Å². The van der Waals surface area contributed by atoms with Crippen molar-refractivity contribution in [2.45, 2.75) is 18.9 Å². The van der Waals surface area contributed by atoms with Crippen molar-refractivity contribution >= 4 is 17.6 Å². The molecule has 1 fully saturated rings. The second-order valence-corrected chi connectivity index (χ2v) is 5.32. The Morgan fingerprint density at radius 2 is 2.18 bits per heavy atom. The molecule has 2 aliphatic rings. The zero-order chi connectivity index (χ0) is 12.0. The van der Waals surface area contributed by atoms with Crippen molar-refractivity contribution in [1.29, 1.82) is 0 Å². The van der Waals surface area contributed by atoms with E-state index in [0.29, 0.717) is 19.1 Å². The predicted molar refractivity (Wildman–Crippen MR) is 65.2 cm³/mol. The number of carbonyl (C=O) groups is 1. The van der Waals surface area contributed by atoms with Gasteiger partial charge in [-0.15, -0.1) is 0 Å². The van der Waals surface area contributed by atoms with Gasteiger partial charge in [-0.3, -0.25) is 9.69 Å². The molecule has 3 nitrogen and oxygen atoms in total. The van der Waals surface area contributed by atoms with Gasteiger partial charge in [0.05, 0.1) is 5.92 Å². The molecular formula is C13H14ClNO2. The van der Waals surface area contributed by atoms with Gasteiger partial charge in [-0.2, -0.15) is 0 Å². The summed E-state index contributed by atoms with van der Waals surface area (Å²) in [4.78, 5) is 13.1. The van der Waals surface area contributed by atoms with Gasteiger partial charge in [-0.1, -0.05) is 17.7 Å². The number of aryl methyl sites for hydroxylation is 1. The van der Waals surface area contributed by atoms with E-state index in [9.17, 15) is 4.79 Å². The first-order valence-electron chi connectivity index (χ1n) is 5.90. The van der Waals surface area contributed by atoms with Gasteiger partial charge in [-0.05, 0) is 36.1 Å². The lowest BCUT2D eigenvalue weighted by atomic mass is 9.95. The minimum atomic E-state index is -0.671. The van der Waals surface area contributed by atoms with Crippen molar-refractivity contribution in [2.75, 3.05) is 13.1 Å². The lowest BCUT2D eigenvalue weighted by Crippen LogP contribution is -2.51. The van der Waals surface area contributed by atoms with Gasteiger partial charge in [0.2, 0.25) is 0 Å². The normalized spacial score (nSPS) is 24.4. The molecule has 4 heteroatoms. The van der Waals surface area contributed by atoms with Gasteiger partial charge in [0, 0.05) is 24.2 Å². The second kappa shape index (κ2) is 4.00. The van der Waals surface area contributed by atoms with Crippen LogP contribution in [0.5, 0.6) is 0 Å². The molecule has 1 N–H and O–H groups in total. The highest BCUT2D eigenvalue weighted by Gasteiger charge is 2.39. The number of benzene rings is 1. The highest BCUT2D eigenvalue weighted by molar-refractivity contribution is 6.30. The van der Waals surface area contributed by atoms with Gasteiger partial charge < -0.3 is 5.11 Å². The molecule has 1 aliphatic carbocycles. The predicted octanol–water partition coefficient (Wildman–Crippen LogP) is 2.34. The van der Waals surface area contributed by atoms with E-state index in [4.69, 9.17) is 16.7 Å². The molecular weight excluding hydrogens is 238 g/mol. The third-order valence-corrected chi connectivity index (χ3v) is 4.09. The van der Waals surface area contributed by atoms with Crippen molar-refractivity contribution in [3.05, 3.63) is 34.3 Å². The number of carboxylic acids is 1. The van der Waals surface area contributed by atoms with Crippen LogP contribution in [0.2, 0.25) is 5.02 Å². The average molecular weight is 252 g/mol. The summed E-state index contributed by atoms with van der Waals surface area (Å²) in [7, 11) is 0. The highest BCUT2D eigenvalue weighted by atomic mass is 35.5. The molecule has 0 radical (unpaired) electrons. The Morgan fingerprint density at radius 1 is 1.41 bits per heavy atom. The number of halogens is 1. The monoisotopic (exact) mass is 251 g/mol. The van der Waals surface area contributed by atoms with Crippen molar-refractivity contribution in [1.82, 2.24) is 4.90 Å². The standard InChI is InChI=1S/C13H14ClNO2/c14-10-2-3-11-8(5-10)1-4-12(11)15-6-9(7-15)13(16)17/h2-3,5,9,12H,1,4,6-7H2,(H,16,17). The summed E-state index contributed by atoms with van der Waals surface area (Å²) in [5.41, 5.74) is 2.65. The molecule has 0 bridgehead atoms. The number of fused-ring (bicyclic) bond motifs is 1. The van der Waals surface area contributed by atoms with Crippen LogP contribution in [0.15, 0.2) is 18.2 Å². The molecule has 0 amide bonds. The van der Waals surface area contributed by atoms with E-state index in [1.165, 1.54) is 11.1 Å². The van der Waals surface area contributed by atoms with Crippen LogP contribution in [0.3, 0.4) is 0 Å². The Kier molecular flexibility index (Phi) is 2.60. The molecule has 90 valence electrons. The number of rotatable bonds is 2. The topological polar surface area (TPSA) is 40.5 Å². The Labute approximate surface area is 105 Å². The van der Waals surface area contributed by atoms with E-state index < -0.39 is 5.97 Å². The SMILES string of the molecule is O=C(O)C1CN(C2CCc3cc(Cl)ccc32)C1. The smallest absolute Gasteiger partial charge is 0.309 e. The molecule has 0 spiro atoms. The molecule has 3 rings (SSSR count). The van der Waals surface area contributed by atoms with E-state index in [1.54, 1.807) is 0 Å². The third kappa shape index (κ3) is 1.83. The van der Waals surface area contributed by atoms with Crippen molar-refractivity contribution in [2.24, 2.45) is 5.92 Å². The number of likely N-dealkylation sites (tertiary alicyclic amines) is 1.